The van der Waals surface area contributed by atoms with Gasteiger partial charge in [0.25, 0.3) is 5.91 Å². The Morgan fingerprint density at radius 3 is 2.02 bits per heavy atom. The lowest BCUT2D eigenvalue weighted by Gasteiger charge is -2.41. The topological polar surface area (TPSA) is 123 Å². The van der Waals surface area contributed by atoms with Gasteiger partial charge in [-0.1, -0.05) is 85.8 Å². The van der Waals surface area contributed by atoms with Crippen LogP contribution in [0.5, 0.6) is 0 Å². The number of rotatable bonds is 12. The number of aliphatic hydroxyl groups is 2. The average molecular weight is 559 g/mol. The quantitative estimate of drug-likeness (QED) is 0.149. The first-order valence-electron chi connectivity index (χ1n) is 13.6. The van der Waals surface area contributed by atoms with Crippen molar-refractivity contribution < 1.29 is 29.3 Å². The molecule has 4 aromatic rings. The number of halogens is 1. The number of H-pyrrole nitrogens is 1. The number of para-hydroxylation sites is 1. The van der Waals surface area contributed by atoms with Crippen molar-refractivity contribution in [1.29, 1.82) is 0 Å². The number of aromatic amines is 1. The second kappa shape index (κ2) is 12.5. The Labute approximate surface area is 238 Å². The van der Waals surface area contributed by atoms with Crippen LogP contribution in [0.15, 0.2) is 91.0 Å². The predicted molar refractivity (Wildman–Crippen MR) is 156 cm³/mol. The van der Waals surface area contributed by atoms with Crippen LogP contribution in [-0.4, -0.2) is 44.0 Å². The highest BCUT2D eigenvalue weighted by atomic mass is 19.1. The lowest BCUT2D eigenvalue weighted by molar-refractivity contribution is -0.208. The van der Waals surface area contributed by atoms with E-state index in [1.54, 1.807) is 30.3 Å². The van der Waals surface area contributed by atoms with E-state index < -0.39 is 23.3 Å². The number of hydrogen-bond acceptors (Lipinski definition) is 4. The van der Waals surface area contributed by atoms with E-state index in [1.807, 2.05) is 55.5 Å². The monoisotopic (exact) mass is 558 g/mol. The van der Waals surface area contributed by atoms with Crippen molar-refractivity contribution >= 4 is 17.6 Å². The van der Waals surface area contributed by atoms with E-state index in [-0.39, 0.29) is 30.7 Å². The van der Waals surface area contributed by atoms with Gasteiger partial charge < -0.3 is 25.6 Å². The van der Waals surface area contributed by atoms with Gasteiger partial charge >= 0.3 is 5.97 Å². The first kappa shape index (κ1) is 29.7. The molecule has 1 heterocycles. The molecule has 41 heavy (non-hydrogen) atoms. The zero-order chi connectivity index (χ0) is 29.6. The number of carbonyl (C=O) groups is 2. The SMILES string of the molecule is CCc1[nH]c(CCCC(F)C(O)(c2ccccc2)C(C)(O)C(=O)O)c(C(=O)Nc2ccccc2)c1-c1ccccc1. The number of hydrogen-bond donors (Lipinski definition) is 5. The second-order valence-corrected chi connectivity index (χ2v) is 10.2. The fourth-order valence-corrected chi connectivity index (χ4v) is 5.24. The molecule has 214 valence electrons. The third-order valence-electron chi connectivity index (χ3n) is 7.54. The molecular formula is C33H35FN2O5. The Bertz CT molecular complexity index is 1470. The van der Waals surface area contributed by atoms with Gasteiger partial charge in [-0.25, -0.2) is 9.18 Å². The van der Waals surface area contributed by atoms with Crippen LogP contribution in [0.1, 0.15) is 54.0 Å². The van der Waals surface area contributed by atoms with Crippen LogP contribution in [0.25, 0.3) is 11.1 Å². The number of carboxylic acid groups (broad SMARTS) is 1. The van der Waals surface area contributed by atoms with Crippen molar-refractivity contribution in [3.05, 3.63) is 114 Å². The molecule has 0 spiro atoms. The summed E-state index contributed by atoms with van der Waals surface area (Å²) < 4.78 is 15.9. The maximum atomic E-state index is 15.9. The van der Waals surface area contributed by atoms with Crippen molar-refractivity contribution in [3.8, 4) is 11.1 Å². The highest BCUT2D eigenvalue weighted by Gasteiger charge is 2.57. The molecule has 0 radical (unpaired) electrons. The molecule has 3 aromatic carbocycles. The number of carboxylic acids is 1. The smallest absolute Gasteiger partial charge is 0.338 e. The molecular weight excluding hydrogens is 523 g/mol. The van der Waals surface area contributed by atoms with Crippen molar-refractivity contribution in [2.45, 2.75) is 56.9 Å². The van der Waals surface area contributed by atoms with Crippen LogP contribution in [0.4, 0.5) is 10.1 Å². The van der Waals surface area contributed by atoms with E-state index in [2.05, 4.69) is 10.3 Å². The van der Waals surface area contributed by atoms with Crippen LogP contribution >= 0.6 is 0 Å². The van der Waals surface area contributed by atoms with Gasteiger partial charge in [0.15, 0.2) is 11.2 Å². The molecule has 0 bridgehead atoms. The van der Waals surface area contributed by atoms with Gasteiger partial charge in [0.05, 0.1) is 5.56 Å². The van der Waals surface area contributed by atoms with Gasteiger partial charge in [0.2, 0.25) is 0 Å². The van der Waals surface area contributed by atoms with E-state index in [0.29, 0.717) is 23.4 Å². The second-order valence-electron chi connectivity index (χ2n) is 10.2. The normalized spacial score (nSPS) is 15.0. The number of aromatic nitrogens is 1. The Morgan fingerprint density at radius 2 is 1.46 bits per heavy atom. The molecule has 1 amide bonds. The summed E-state index contributed by atoms with van der Waals surface area (Å²) in [7, 11) is 0. The minimum Gasteiger partial charge on any atom is -0.479 e. The Morgan fingerprint density at radius 1 is 0.902 bits per heavy atom. The highest BCUT2D eigenvalue weighted by Crippen LogP contribution is 2.40. The standard InChI is InChI=1S/C33H35FN2O5/c1-3-25-28(22-14-7-4-8-15-22)29(30(37)35-24-18-11-6-12-19-24)26(36-25)20-13-21-27(34)33(41,32(2,40)31(38)39)23-16-9-5-10-17-23/h4-12,14-19,27,36,40-41H,3,13,20-21H2,1-2H3,(H,35,37)(H,38,39). The fourth-order valence-electron chi connectivity index (χ4n) is 5.24. The van der Waals surface area contributed by atoms with Crippen LogP contribution in [0.2, 0.25) is 0 Å². The highest BCUT2D eigenvalue weighted by molar-refractivity contribution is 6.10. The van der Waals surface area contributed by atoms with E-state index >= 15 is 4.39 Å². The average Bonchev–Trinajstić information content (AvgIpc) is 3.36. The summed E-state index contributed by atoms with van der Waals surface area (Å²) in [5.74, 6) is -2.05. The number of amides is 1. The van der Waals surface area contributed by atoms with E-state index in [4.69, 9.17) is 0 Å². The third kappa shape index (κ3) is 5.94. The largest absolute Gasteiger partial charge is 0.479 e. The van der Waals surface area contributed by atoms with E-state index in [0.717, 1.165) is 23.7 Å². The van der Waals surface area contributed by atoms with Gasteiger partial charge in [0.1, 0.15) is 6.17 Å². The number of carbonyl (C=O) groups excluding carboxylic acids is 1. The molecule has 1 aromatic heterocycles. The van der Waals surface area contributed by atoms with Gasteiger partial charge in [-0.15, -0.1) is 0 Å². The molecule has 0 aliphatic rings. The lowest BCUT2D eigenvalue weighted by atomic mass is 9.74. The van der Waals surface area contributed by atoms with Crippen molar-refractivity contribution in [2.75, 3.05) is 5.32 Å². The van der Waals surface area contributed by atoms with Crippen molar-refractivity contribution in [1.82, 2.24) is 4.98 Å². The summed E-state index contributed by atoms with van der Waals surface area (Å²) in [4.78, 5) is 28.9. The summed E-state index contributed by atoms with van der Waals surface area (Å²) >= 11 is 0. The van der Waals surface area contributed by atoms with Crippen LogP contribution in [0.3, 0.4) is 0 Å². The maximum absolute atomic E-state index is 15.9. The van der Waals surface area contributed by atoms with Gasteiger partial charge in [0, 0.05) is 22.6 Å². The number of anilines is 1. The molecule has 0 fully saturated rings. The first-order valence-corrected chi connectivity index (χ1v) is 13.6. The summed E-state index contributed by atoms with van der Waals surface area (Å²) in [6, 6.07) is 26.1. The predicted octanol–water partition coefficient (Wildman–Crippen LogP) is 5.88. The molecule has 7 nitrogen and oxygen atoms in total. The zero-order valence-electron chi connectivity index (χ0n) is 23.1. The third-order valence-corrected chi connectivity index (χ3v) is 7.54. The maximum Gasteiger partial charge on any atom is 0.338 e. The minimum absolute atomic E-state index is 0.0395. The Kier molecular flexibility index (Phi) is 9.05. The molecule has 3 unspecified atom stereocenters. The van der Waals surface area contributed by atoms with Crippen molar-refractivity contribution in [2.24, 2.45) is 0 Å². The molecule has 8 heteroatoms. The first-order chi connectivity index (χ1) is 19.6. The number of benzene rings is 3. The molecule has 0 saturated heterocycles. The summed E-state index contributed by atoms with van der Waals surface area (Å²) in [6.07, 6.45) is -1.35. The molecule has 3 atom stereocenters. The lowest BCUT2D eigenvalue weighted by Crippen LogP contribution is -2.60. The molecule has 0 saturated carbocycles. The number of aryl methyl sites for hydroxylation is 2. The minimum atomic E-state index is -2.79. The number of nitrogens with one attached hydrogen (secondary N) is 2. The van der Waals surface area contributed by atoms with E-state index in [9.17, 15) is 24.9 Å². The van der Waals surface area contributed by atoms with Gasteiger partial charge in [-0.3, -0.25) is 4.79 Å². The molecule has 5 N–H and O–H groups in total. The summed E-state index contributed by atoms with van der Waals surface area (Å²) in [6.45, 7) is 2.87. The Hall–Kier alpha value is -4.27. The molecule has 0 aliphatic heterocycles. The van der Waals surface area contributed by atoms with Crippen molar-refractivity contribution in [3.63, 3.8) is 0 Å². The zero-order valence-corrected chi connectivity index (χ0v) is 23.1. The molecule has 4 rings (SSSR count). The van der Waals surface area contributed by atoms with Gasteiger partial charge in [-0.05, 0) is 55.9 Å². The van der Waals surface area contributed by atoms with Crippen LogP contribution in [0, 0.1) is 0 Å². The summed E-state index contributed by atoms with van der Waals surface area (Å²) in [5, 5.41) is 34.8. The molecule has 0 aliphatic carbocycles. The number of aliphatic carboxylic acids is 1. The van der Waals surface area contributed by atoms with Gasteiger partial charge in [-0.2, -0.15) is 0 Å². The van der Waals surface area contributed by atoms with Crippen LogP contribution < -0.4 is 5.32 Å². The fraction of sp³-hybridized carbons (Fsp3) is 0.273. The summed E-state index contributed by atoms with van der Waals surface area (Å²) in [5.41, 5.74) is -1.36. The van der Waals surface area contributed by atoms with E-state index in [1.165, 1.54) is 12.1 Å². The Balaban J connectivity index is 1.66. The van der Waals surface area contributed by atoms with Crippen LogP contribution in [-0.2, 0) is 23.2 Å². The number of alkyl halides is 1.